The molecule has 2 aromatic rings. The van der Waals surface area contributed by atoms with Crippen molar-refractivity contribution in [1.29, 1.82) is 0 Å². The molecule has 0 aliphatic heterocycles. The zero-order valence-electron chi connectivity index (χ0n) is 8.03. The Hall–Kier alpha value is -2.27. The van der Waals surface area contributed by atoms with E-state index in [1.807, 2.05) is 24.3 Å². The van der Waals surface area contributed by atoms with Gasteiger partial charge < -0.3 is 5.73 Å². The van der Waals surface area contributed by atoms with Crippen molar-refractivity contribution >= 4 is 16.7 Å². The number of benzene rings is 2. The number of nitrogens with two attached hydrogens (primary N) is 1. The van der Waals surface area contributed by atoms with E-state index < -0.39 is 5.91 Å². The Labute approximate surface area is 87.7 Å². The van der Waals surface area contributed by atoms with Crippen molar-refractivity contribution in [2.45, 2.75) is 0 Å². The van der Waals surface area contributed by atoms with Crippen molar-refractivity contribution < 1.29 is 4.79 Å². The molecular weight excluding hydrogens is 186 g/mol. The minimum Gasteiger partial charge on any atom is -0.366 e. The molecule has 2 aromatic carbocycles. The minimum absolute atomic E-state index is 0.399. The second kappa shape index (κ2) is 3.47. The highest BCUT2D eigenvalue weighted by atomic mass is 16.1. The van der Waals surface area contributed by atoms with Crippen LogP contribution in [0, 0.1) is 12.3 Å². The fraction of sp³-hybridized carbons (Fsp3) is 0. The Kier molecular flexibility index (Phi) is 2.15. The Bertz CT molecular complexity index is 579. The first-order valence-corrected chi connectivity index (χ1v) is 4.51. The molecule has 0 aliphatic rings. The van der Waals surface area contributed by atoms with Crippen LogP contribution >= 0.6 is 0 Å². The summed E-state index contributed by atoms with van der Waals surface area (Å²) in [6, 6.07) is 11.2. The predicted octanol–water partition coefficient (Wildman–Crippen LogP) is 1.92. The van der Waals surface area contributed by atoms with E-state index in [0.717, 1.165) is 10.8 Å². The Balaban J connectivity index is 2.82. The van der Waals surface area contributed by atoms with Crippen molar-refractivity contribution in [3.8, 4) is 12.3 Å². The van der Waals surface area contributed by atoms with Gasteiger partial charge in [-0.2, -0.15) is 0 Å². The number of rotatable bonds is 1. The van der Waals surface area contributed by atoms with Crippen LogP contribution < -0.4 is 5.73 Å². The van der Waals surface area contributed by atoms with E-state index in [1.54, 1.807) is 12.1 Å². The first kappa shape index (κ1) is 9.29. The molecule has 2 heteroatoms. The number of primary amides is 1. The number of carbonyl (C=O) groups excluding carboxylic acids is 1. The molecule has 0 bridgehead atoms. The summed E-state index contributed by atoms with van der Waals surface area (Å²) in [5.74, 6) is 1.98. The minimum atomic E-state index is -0.492. The van der Waals surface area contributed by atoms with Crippen LogP contribution in [0.4, 0.5) is 0 Å². The van der Waals surface area contributed by atoms with Crippen molar-refractivity contribution in [2.75, 3.05) is 0 Å². The second-order valence-corrected chi connectivity index (χ2v) is 3.25. The van der Waals surface area contributed by atoms with Gasteiger partial charge in [0.15, 0.2) is 0 Å². The number of amides is 1. The Morgan fingerprint density at radius 3 is 2.33 bits per heavy atom. The van der Waals surface area contributed by atoms with Crippen molar-refractivity contribution in [3.05, 3.63) is 47.5 Å². The number of carbonyl (C=O) groups is 1. The smallest absolute Gasteiger partial charge is 0.249 e. The summed E-state index contributed by atoms with van der Waals surface area (Å²) in [5, 5.41) is 1.97. The summed E-state index contributed by atoms with van der Waals surface area (Å²) in [6.07, 6.45) is 5.32. The van der Waals surface area contributed by atoms with E-state index in [-0.39, 0.29) is 0 Å². The third-order valence-corrected chi connectivity index (χ3v) is 2.31. The highest BCUT2D eigenvalue weighted by Gasteiger charge is 2.07. The van der Waals surface area contributed by atoms with Gasteiger partial charge in [0.2, 0.25) is 5.91 Å². The van der Waals surface area contributed by atoms with Gasteiger partial charge in [0.25, 0.3) is 0 Å². The molecular formula is C13H9NO. The maximum absolute atomic E-state index is 11.2. The number of terminal acetylenes is 1. The topological polar surface area (TPSA) is 43.1 Å². The molecule has 0 atom stereocenters. The lowest BCUT2D eigenvalue weighted by Crippen LogP contribution is -2.12. The first-order chi connectivity index (χ1) is 7.22. The maximum Gasteiger partial charge on any atom is 0.249 e. The zero-order chi connectivity index (χ0) is 10.8. The van der Waals surface area contributed by atoms with Gasteiger partial charge >= 0.3 is 0 Å². The number of fused-ring (bicyclic) bond motifs is 1. The number of hydrogen-bond acceptors (Lipinski definition) is 1. The largest absolute Gasteiger partial charge is 0.366 e. The van der Waals surface area contributed by atoms with Gasteiger partial charge in [0, 0.05) is 5.56 Å². The maximum atomic E-state index is 11.2. The van der Waals surface area contributed by atoms with Crippen LogP contribution in [-0.4, -0.2) is 5.91 Å². The molecule has 0 unspecified atom stereocenters. The summed E-state index contributed by atoms with van der Waals surface area (Å²) in [6.45, 7) is 0. The van der Waals surface area contributed by atoms with E-state index in [1.165, 1.54) is 0 Å². The predicted molar refractivity (Wildman–Crippen MR) is 60.4 cm³/mol. The first-order valence-electron chi connectivity index (χ1n) is 4.51. The molecule has 1 amide bonds. The Morgan fingerprint density at radius 1 is 1.20 bits per heavy atom. The van der Waals surface area contributed by atoms with Crippen LogP contribution in [-0.2, 0) is 0 Å². The van der Waals surface area contributed by atoms with Gasteiger partial charge in [-0.15, -0.1) is 6.42 Å². The highest BCUT2D eigenvalue weighted by Crippen LogP contribution is 2.19. The van der Waals surface area contributed by atoms with Gasteiger partial charge in [-0.3, -0.25) is 4.79 Å². The summed E-state index contributed by atoms with van der Waals surface area (Å²) >= 11 is 0. The van der Waals surface area contributed by atoms with Crippen LogP contribution in [0.1, 0.15) is 15.9 Å². The zero-order valence-corrected chi connectivity index (χ0v) is 8.03. The van der Waals surface area contributed by atoms with Gasteiger partial charge in [-0.05, 0) is 22.9 Å². The second-order valence-electron chi connectivity index (χ2n) is 3.25. The van der Waals surface area contributed by atoms with E-state index in [4.69, 9.17) is 12.2 Å². The fourth-order valence-corrected chi connectivity index (χ4v) is 1.56. The lowest BCUT2D eigenvalue weighted by molar-refractivity contribution is 0.1000. The summed E-state index contributed by atoms with van der Waals surface area (Å²) in [7, 11) is 0. The molecule has 0 radical (unpaired) electrons. The molecule has 0 aliphatic carbocycles. The van der Waals surface area contributed by atoms with Gasteiger partial charge in [-0.25, -0.2) is 0 Å². The Morgan fingerprint density at radius 2 is 1.80 bits per heavy atom. The van der Waals surface area contributed by atoms with Crippen molar-refractivity contribution in [3.63, 3.8) is 0 Å². The van der Waals surface area contributed by atoms with Gasteiger partial charge in [0.05, 0.1) is 5.56 Å². The molecule has 0 saturated carbocycles. The van der Waals surface area contributed by atoms with Crippen LogP contribution in [0.25, 0.3) is 10.8 Å². The number of hydrogen-bond donors (Lipinski definition) is 1. The van der Waals surface area contributed by atoms with Crippen molar-refractivity contribution in [2.24, 2.45) is 5.73 Å². The van der Waals surface area contributed by atoms with Crippen LogP contribution in [0.3, 0.4) is 0 Å². The van der Waals surface area contributed by atoms with E-state index >= 15 is 0 Å². The molecule has 0 aromatic heterocycles. The van der Waals surface area contributed by atoms with Gasteiger partial charge in [0.1, 0.15) is 0 Å². The lowest BCUT2D eigenvalue weighted by Gasteiger charge is -2.03. The summed E-state index contributed by atoms with van der Waals surface area (Å²) in [5.41, 5.74) is 6.19. The van der Waals surface area contributed by atoms with E-state index in [0.29, 0.717) is 11.1 Å². The molecule has 2 nitrogen and oxygen atoms in total. The molecule has 72 valence electrons. The third kappa shape index (κ3) is 1.55. The van der Waals surface area contributed by atoms with Crippen LogP contribution in [0.5, 0.6) is 0 Å². The standard InChI is InChI=1S/C13H9NO/c1-2-9-7-10-5-3-4-6-11(10)8-12(9)13(14)15/h1,3-8H,(H2,14,15). The molecule has 2 N–H and O–H groups in total. The normalized spacial score (nSPS) is 9.80. The average molecular weight is 195 g/mol. The van der Waals surface area contributed by atoms with E-state index in [2.05, 4.69) is 5.92 Å². The monoisotopic (exact) mass is 195 g/mol. The highest BCUT2D eigenvalue weighted by molar-refractivity contribution is 6.00. The molecule has 0 fully saturated rings. The average Bonchev–Trinajstić information content (AvgIpc) is 2.27. The van der Waals surface area contributed by atoms with E-state index in [9.17, 15) is 4.79 Å². The lowest BCUT2D eigenvalue weighted by atomic mass is 10.0. The summed E-state index contributed by atoms with van der Waals surface area (Å²) in [4.78, 5) is 11.2. The fourth-order valence-electron chi connectivity index (χ4n) is 1.56. The third-order valence-electron chi connectivity index (χ3n) is 2.31. The summed E-state index contributed by atoms with van der Waals surface area (Å²) < 4.78 is 0. The quantitative estimate of drug-likeness (QED) is 0.694. The molecule has 2 rings (SSSR count). The molecule has 0 spiro atoms. The van der Waals surface area contributed by atoms with Gasteiger partial charge in [-0.1, -0.05) is 30.2 Å². The molecule has 0 heterocycles. The SMILES string of the molecule is C#Cc1cc2ccccc2cc1C(N)=O. The van der Waals surface area contributed by atoms with Crippen LogP contribution in [0.15, 0.2) is 36.4 Å². The van der Waals surface area contributed by atoms with Crippen molar-refractivity contribution in [1.82, 2.24) is 0 Å². The van der Waals surface area contributed by atoms with Crippen LogP contribution in [0.2, 0.25) is 0 Å². The molecule has 0 saturated heterocycles. The molecule has 15 heavy (non-hydrogen) atoms.